The number of halogens is 2. The first kappa shape index (κ1) is 21.8. The number of rotatable bonds is 5. The molecule has 0 saturated heterocycles. The van der Waals surface area contributed by atoms with Crippen molar-refractivity contribution < 1.29 is 4.74 Å². The fourth-order valence-electron chi connectivity index (χ4n) is 2.68. The lowest BCUT2D eigenvalue weighted by atomic mass is 9.91. The molecule has 0 unspecified atom stereocenters. The standard InChI is InChI=1S/C19H19Cl2N5O4/c1-8(2)9(3)12-7-15(23-24-18(12)28)30-16-13(20)5-11(6-14(16)21)26-19(29)22-17(27)10(4)25-26/h5-9H,1-4H3,(H,24,28)(H,22,27,29)/t9-/m1/s1. The summed E-state index contributed by atoms with van der Waals surface area (Å²) in [6, 6.07) is 4.37. The van der Waals surface area contributed by atoms with Gasteiger partial charge in [0.15, 0.2) is 5.75 Å². The molecule has 0 aliphatic rings. The van der Waals surface area contributed by atoms with E-state index < -0.39 is 11.2 Å². The Morgan fingerprint density at radius 3 is 2.27 bits per heavy atom. The van der Waals surface area contributed by atoms with Crippen LogP contribution < -0.4 is 21.5 Å². The molecule has 0 spiro atoms. The number of benzene rings is 1. The van der Waals surface area contributed by atoms with Gasteiger partial charge in [0, 0.05) is 11.6 Å². The molecule has 2 heterocycles. The van der Waals surface area contributed by atoms with Crippen molar-refractivity contribution in [3.63, 3.8) is 0 Å². The number of nitrogens with zero attached hydrogens (tertiary/aromatic N) is 3. The summed E-state index contributed by atoms with van der Waals surface area (Å²) in [4.78, 5) is 37.8. The summed E-state index contributed by atoms with van der Waals surface area (Å²) in [5.74, 6) is 0.427. The van der Waals surface area contributed by atoms with E-state index in [1.54, 1.807) is 6.07 Å². The SMILES string of the molecule is Cc1nn(-c2cc(Cl)c(Oc3cc([C@H](C)C(C)C)c(=O)[nH]n3)c(Cl)c2)c(=O)[nH]c1=O. The average Bonchev–Trinajstić information content (AvgIpc) is 2.68. The van der Waals surface area contributed by atoms with Gasteiger partial charge in [-0.3, -0.25) is 14.6 Å². The highest BCUT2D eigenvalue weighted by Gasteiger charge is 2.18. The maximum absolute atomic E-state index is 12.1. The Balaban J connectivity index is 2.01. The number of aromatic nitrogens is 5. The van der Waals surface area contributed by atoms with Crippen molar-refractivity contribution in [2.45, 2.75) is 33.6 Å². The maximum Gasteiger partial charge on any atom is 0.349 e. The number of H-pyrrole nitrogens is 2. The zero-order valence-corrected chi connectivity index (χ0v) is 18.1. The summed E-state index contributed by atoms with van der Waals surface area (Å²) in [6.45, 7) is 7.41. The molecule has 30 heavy (non-hydrogen) atoms. The van der Waals surface area contributed by atoms with Gasteiger partial charge in [0.25, 0.3) is 11.1 Å². The molecule has 3 rings (SSSR count). The zero-order valence-electron chi connectivity index (χ0n) is 16.6. The van der Waals surface area contributed by atoms with E-state index in [4.69, 9.17) is 27.9 Å². The molecule has 158 valence electrons. The molecule has 1 aromatic carbocycles. The molecule has 11 heteroatoms. The lowest BCUT2D eigenvalue weighted by molar-refractivity contribution is 0.448. The van der Waals surface area contributed by atoms with Crippen LogP contribution in [0.5, 0.6) is 11.6 Å². The van der Waals surface area contributed by atoms with E-state index in [1.807, 2.05) is 20.8 Å². The number of hydrogen-bond acceptors (Lipinski definition) is 6. The first-order valence-electron chi connectivity index (χ1n) is 9.05. The van der Waals surface area contributed by atoms with E-state index in [1.165, 1.54) is 19.1 Å². The predicted molar refractivity (Wildman–Crippen MR) is 113 cm³/mol. The molecule has 2 N–H and O–H groups in total. The molecule has 2 aromatic heterocycles. The van der Waals surface area contributed by atoms with E-state index >= 15 is 0 Å². The van der Waals surface area contributed by atoms with Crippen molar-refractivity contribution in [2.75, 3.05) is 0 Å². The second kappa shape index (κ2) is 8.45. The number of hydrogen-bond donors (Lipinski definition) is 2. The van der Waals surface area contributed by atoms with E-state index in [0.29, 0.717) is 5.56 Å². The van der Waals surface area contributed by atoms with E-state index in [0.717, 1.165) is 4.68 Å². The van der Waals surface area contributed by atoms with Crippen molar-refractivity contribution in [2.24, 2.45) is 5.92 Å². The minimum atomic E-state index is -0.735. The van der Waals surface area contributed by atoms with E-state index in [9.17, 15) is 14.4 Å². The highest BCUT2D eigenvalue weighted by molar-refractivity contribution is 6.37. The van der Waals surface area contributed by atoms with Crippen LogP contribution in [0.4, 0.5) is 0 Å². The highest BCUT2D eigenvalue weighted by atomic mass is 35.5. The normalized spacial score (nSPS) is 12.2. The summed E-state index contributed by atoms with van der Waals surface area (Å²) in [6.07, 6.45) is 0. The van der Waals surface area contributed by atoms with Gasteiger partial charge in [-0.2, -0.15) is 9.78 Å². The van der Waals surface area contributed by atoms with Gasteiger partial charge < -0.3 is 4.74 Å². The minimum Gasteiger partial charge on any atom is -0.434 e. The first-order chi connectivity index (χ1) is 14.1. The lowest BCUT2D eigenvalue weighted by Gasteiger charge is -2.16. The average molecular weight is 452 g/mol. The van der Waals surface area contributed by atoms with Crippen LogP contribution >= 0.6 is 23.2 Å². The molecular weight excluding hydrogens is 433 g/mol. The van der Waals surface area contributed by atoms with E-state index in [-0.39, 0.29) is 50.5 Å². The summed E-state index contributed by atoms with van der Waals surface area (Å²) in [7, 11) is 0. The zero-order chi connectivity index (χ0) is 22.2. The second-order valence-electron chi connectivity index (χ2n) is 7.12. The molecule has 3 aromatic rings. The van der Waals surface area contributed by atoms with Crippen LogP contribution in [0, 0.1) is 12.8 Å². The van der Waals surface area contributed by atoms with Gasteiger partial charge in [-0.1, -0.05) is 44.0 Å². The Kier molecular flexibility index (Phi) is 6.14. The summed E-state index contributed by atoms with van der Waals surface area (Å²) < 4.78 is 6.69. The van der Waals surface area contributed by atoms with Crippen LogP contribution in [0.15, 0.2) is 32.6 Å². The van der Waals surface area contributed by atoms with Gasteiger partial charge >= 0.3 is 5.69 Å². The third-order valence-corrected chi connectivity index (χ3v) is 5.29. The molecular formula is C19H19Cl2N5O4. The third-order valence-electron chi connectivity index (χ3n) is 4.73. The molecule has 0 bridgehead atoms. The largest absolute Gasteiger partial charge is 0.434 e. The quantitative estimate of drug-likeness (QED) is 0.613. The van der Waals surface area contributed by atoms with Gasteiger partial charge in [0.2, 0.25) is 5.88 Å². The molecule has 9 nitrogen and oxygen atoms in total. The maximum atomic E-state index is 12.1. The second-order valence-corrected chi connectivity index (χ2v) is 7.93. The van der Waals surface area contributed by atoms with Gasteiger partial charge in [0.05, 0.1) is 15.7 Å². The van der Waals surface area contributed by atoms with Crippen molar-refractivity contribution in [1.82, 2.24) is 25.0 Å². The van der Waals surface area contributed by atoms with Crippen LogP contribution in [-0.4, -0.2) is 25.0 Å². The smallest absolute Gasteiger partial charge is 0.349 e. The third kappa shape index (κ3) is 4.31. The van der Waals surface area contributed by atoms with Crippen molar-refractivity contribution in [3.05, 3.63) is 70.7 Å². The lowest BCUT2D eigenvalue weighted by Crippen LogP contribution is -2.32. The molecule has 0 radical (unpaired) electrons. The van der Waals surface area contributed by atoms with Gasteiger partial charge in [0.1, 0.15) is 5.69 Å². The molecule has 0 saturated carbocycles. The minimum absolute atomic E-state index is 0.0196. The van der Waals surface area contributed by atoms with Crippen LogP contribution in [0.25, 0.3) is 5.69 Å². The first-order valence-corrected chi connectivity index (χ1v) is 9.81. The van der Waals surface area contributed by atoms with Crippen molar-refractivity contribution in [1.29, 1.82) is 0 Å². The van der Waals surface area contributed by atoms with Gasteiger partial charge in [-0.05, 0) is 30.9 Å². The van der Waals surface area contributed by atoms with Crippen LogP contribution in [-0.2, 0) is 0 Å². The molecule has 0 aliphatic heterocycles. The number of aromatic amines is 2. The topological polar surface area (TPSA) is 123 Å². The fraction of sp³-hybridized carbons (Fsp3) is 0.316. The van der Waals surface area contributed by atoms with Crippen molar-refractivity contribution >= 4 is 23.2 Å². The molecule has 0 aliphatic carbocycles. The Labute approximate surface area is 180 Å². The summed E-state index contributed by atoms with van der Waals surface area (Å²) in [5, 5.41) is 10.4. The van der Waals surface area contributed by atoms with Crippen molar-refractivity contribution in [3.8, 4) is 17.3 Å². The molecule has 1 atom stereocenters. The Hall–Kier alpha value is -2.91. The van der Waals surface area contributed by atoms with Crippen LogP contribution in [0.2, 0.25) is 10.0 Å². The number of ether oxygens (including phenoxy) is 1. The van der Waals surface area contributed by atoms with Crippen LogP contribution in [0.3, 0.4) is 0 Å². The van der Waals surface area contributed by atoms with Gasteiger partial charge in [-0.25, -0.2) is 9.89 Å². The highest BCUT2D eigenvalue weighted by Crippen LogP contribution is 2.37. The Bertz CT molecular complexity index is 1260. The Morgan fingerprint density at radius 1 is 1.03 bits per heavy atom. The van der Waals surface area contributed by atoms with Gasteiger partial charge in [-0.15, -0.1) is 5.10 Å². The van der Waals surface area contributed by atoms with E-state index in [2.05, 4.69) is 20.3 Å². The summed E-state index contributed by atoms with van der Waals surface area (Å²) in [5.41, 5.74) is -0.741. The fourth-order valence-corrected chi connectivity index (χ4v) is 3.23. The summed E-state index contributed by atoms with van der Waals surface area (Å²) >= 11 is 12.6. The predicted octanol–water partition coefficient (Wildman–Crippen LogP) is 3.17. The monoisotopic (exact) mass is 451 g/mol. The number of nitrogens with one attached hydrogen (secondary N) is 2. The molecule has 0 fully saturated rings. The Morgan fingerprint density at radius 2 is 1.67 bits per heavy atom. The van der Waals surface area contributed by atoms with Crippen LogP contribution in [0.1, 0.15) is 37.9 Å². The molecule has 0 amide bonds. The number of aryl methyl sites for hydroxylation is 1.